The van der Waals surface area contributed by atoms with Crippen LogP contribution in [0.2, 0.25) is 0 Å². The number of aromatic amines is 1. The Labute approximate surface area is 196 Å². The number of nitrogens with one attached hydrogen (secondary N) is 3. The highest BCUT2D eigenvalue weighted by Crippen LogP contribution is 2.19. The summed E-state index contributed by atoms with van der Waals surface area (Å²) < 4.78 is 0. The van der Waals surface area contributed by atoms with Crippen molar-refractivity contribution >= 4 is 35.5 Å². The molecular weight excluding hydrogens is 452 g/mol. The Morgan fingerprint density at radius 1 is 1.33 bits per heavy atom. The second-order valence-electron chi connectivity index (χ2n) is 7.98. The molecule has 1 aliphatic heterocycles. The maximum Gasteiger partial charge on any atom is 0.326 e. The number of carboxylic acids is 1. The van der Waals surface area contributed by atoms with Gasteiger partial charge in [-0.15, -0.1) is 0 Å². The van der Waals surface area contributed by atoms with Gasteiger partial charge in [0, 0.05) is 24.9 Å². The number of aliphatic hydroxyl groups excluding tert-OH is 1. The molecule has 12 nitrogen and oxygen atoms in total. The molecule has 0 radical (unpaired) electrons. The predicted octanol–water partition coefficient (Wildman–Crippen LogP) is -1.54. The van der Waals surface area contributed by atoms with Gasteiger partial charge in [-0.25, -0.2) is 9.78 Å². The fourth-order valence-corrected chi connectivity index (χ4v) is 4.08. The number of carboxylic acid groups (broad SMARTS) is 1. The number of nitrogens with zero attached hydrogens (tertiary/aromatic N) is 2. The minimum Gasteiger partial charge on any atom is -0.480 e. The van der Waals surface area contributed by atoms with E-state index in [1.54, 1.807) is 11.8 Å². The van der Waals surface area contributed by atoms with Crippen molar-refractivity contribution in [2.75, 3.05) is 18.6 Å². The van der Waals surface area contributed by atoms with Gasteiger partial charge in [0.1, 0.15) is 18.1 Å². The topological polar surface area (TPSA) is 191 Å². The number of carbonyl (C=O) groups excluding carboxylic acids is 3. The fourth-order valence-electron chi connectivity index (χ4n) is 3.59. The summed E-state index contributed by atoms with van der Waals surface area (Å²) in [5.74, 6) is -2.38. The minimum absolute atomic E-state index is 0.0506. The Kier molecular flexibility index (Phi) is 10.1. The SMILES string of the molecule is CSCCC(N)C(=O)NC(Cc1cnc[nH]1)C(=O)NC(C(=O)N1CCCC1C(=O)O)C(C)O. The zero-order valence-corrected chi connectivity index (χ0v) is 19.5. The first-order chi connectivity index (χ1) is 15.6. The van der Waals surface area contributed by atoms with Crippen LogP contribution in [0.3, 0.4) is 0 Å². The quantitative estimate of drug-likeness (QED) is 0.204. The number of amides is 3. The fraction of sp³-hybridized carbons (Fsp3) is 0.650. The number of likely N-dealkylation sites (tertiary alicyclic amines) is 1. The molecule has 0 bridgehead atoms. The largest absolute Gasteiger partial charge is 0.480 e. The van der Waals surface area contributed by atoms with Gasteiger partial charge < -0.3 is 36.5 Å². The summed E-state index contributed by atoms with van der Waals surface area (Å²) in [5.41, 5.74) is 6.48. The molecule has 3 amide bonds. The van der Waals surface area contributed by atoms with Crippen LogP contribution in [0.5, 0.6) is 0 Å². The van der Waals surface area contributed by atoms with Crippen LogP contribution >= 0.6 is 11.8 Å². The summed E-state index contributed by atoms with van der Waals surface area (Å²) in [5, 5.41) is 24.6. The van der Waals surface area contributed by atoms with Crippen molar-refractivity contribution in [1.82, 2.24) is 25.5 Å². The summed E-state index contributed by atoms with van der Waals surface area (Å²) in [7, 11) is 0. The minimum atomic E-state index is -1.37. The van der Waals surface area contributed by atoms with Crippen molar-refractivity contribution in [3.8, 4) is 0 Å². The highest BCUT2D eigenvalue weighted by molar-refractivity contribution is 7.98. The van der Waals surface area contributed by atoms with Gasteiger partial charge in [0.2, 0.25) is 17.7 Å². The average molecular weight is 485 g/mol. The number of aliphatic carboxylic acids is 1. The molecular formula is C20H32N6O6S. The number of thioether (sulfide) groups is 1. The number of aromatic nitrogens is 2. The van der Waals surface area contributed by atoms with Crippen molar-refractivity contribution in [2.24, 2.45) is 5.73 Å². The zero-order valence-electron chi connectivity index (χ0n) is 18.7. The lowest BCUT2D eigenvalue weighted by atomic mass is 10.1. The number of hydrogen-bond acceptors (Lipinski definition) is 8. The standard InChI is InChI=1S/C20H32N6O6S/c1-11(27)16(19(30)26-6-3-4-15(26)20(31)32)25-18(29)14(8-12-9-22-10-23-12)24-17(28)13(21)5-7-33-2/h9-11,13-16,27H,3-8,21H2,1-2H3,(H,22,23)(H,24,28)(H,25,29)(H,31,32). The van der Waals surface area contributed by atoms with E-state index in [0.717, 1.165) is 4.90 Å². The molecule has 1 fully saturated rings. The number of hydrogen-bond donors (Lipinski definition) is 6. The van der Waals surface area contributed by atoms with E-state index < -0.39 is 54.0 Å². The Hall–Kier alpha value is -2.64. The first kappa shape index (κ1) is 26.6. The molecule has 184 valence electrons. The molecule has 0 spiro atoms. The lowest BCUT2D eigenvalue weighted by Gasteiger charge is -2.30. The third-order valence-corrected chi connectivity index (χ3v) is 6.09. The highest BCUT2D eigenvalue weighted by atomic mass is 32.2. The molecule has 0 aromatic carbocycles. The third-order valence-electron chi connectivity index (χ3n) is 5.45. The first-order valence-corrected chi connectivity index (χ1v) is 12.1. The molecule has 2 heterocycles. The number of H-pyrrole nitrogens is 1. The molecule has 0 aliphatic carbocycles. The molecule has 0 saturated carbocycles. The number of carbonyl (C=O) groups is 4. The smallest absolute Gasteiger partial charge is 0.326 e. The summed E-state index contributed by atoms with van der Waals surface area (Å²) in [6.07, 6.45) is 4.81. The van der Waals surface area contributed by atoms with Crippen LogP contribution < -0.4 is 16.4 Å². The van der Waals surface area contributed by atoms with E-state index in [9.17, 15) is 29.4 Å². The van der Waals surface area contributed by atoms with Crippen LogP contribution in [-0.4, -0.2) is 97.6 Å². The number of imidazole rings is 1. The van der Waals surface area contributed by atoms with Crippen molar-refractivity contribution < 1.29 is 29.4 Å². The van der Waals surface area contributed by atoms with E-state index in [1.807, 2.05) is 6.26 Å². The van der Waals surface area contributed by atoms with E-state index in [1.165, 1.54) is 19.4 Å². The number of nitrogens with two attached hydrogens (primary N) is 1. The van der Waals surface area contributed by atoms with Crippen LogP contribution in [0.15, 0.2) is 12.5 Å². The summed E-state index contributed by atoms with van der Waals surface area (Å²) >= 11 is 1.54. The van der Waals surface area contributed by atoms with E-state index in [-0.39, 0.29) is 13.0 Å². The average Bonchev–Trinajstić information content (AvgIpc) is 3.46. The van der Waals surface area contributed by atoms with Crippen molar-refractivity contribution in [3.63, 3.8) is 0 Å². The summed E-state index contributed by atoms with van der Waals surface area (Å²) in [4.78, 5) is 58.0. The second kappa shape index (κ2) is 12.6. The predicted molar refractivity (Wildman–Crippen MR) is 121 cm³/mol. The van der Waals surface area contributed by atoms with Gasteiger partial charge >= 0.3 is 5.97 Å². The Bertz CT molecular complexity index is 820. The molecule has 5 unspecified atom stereocenters. The molecule has 5 atom stereocenters. The molecule has 2 rings (SSSR count). The maximum atomic E-state index is 13.1. The van der Waals surface area contributed by atoms with Gasteiger partial charge in [0.05, 0.1) is 18.5 Å². The molecule has 1 aliphatic rings. The van der Waals surface area contributed by atoms with Crippen molar-refractivity contribution in [1.29, 1.82) is 0 Å². The second-order valence-corrected chi connectivity index (χ2v) is 8.97. The molecule has 33 heavy (non-hydrogen) atoms. The third kappa shape index (κ3) is 7.44. The first-order valence-electron chi connectivity index (χ1n) is 10.7. The highest BCUT2D eigenvalue weighted by Gasteiger charge is 2.40. The molecule has 1 aromatic rings. The lowest BCUT2D eigenvalue weighted by Crippen LogP contribution is -2.60. The zero-order chi connectivity index (χ0) is 24.5. The molecule has 1 aromatic heterocycles. The Balaban J connectivity index is 2.16. The molecule has 13 heteroatoms. The van der Waals surface area contributed by atoms with E-state index in [0.29, 0.717) is 30.7 Å². The van der Waals surface area contributed by atoms with E-state index in [2.05, 4.69) is 20.6 Å². The van der Waals surface area contributed by atoms with Gasteiger partial charge in [-0.2, -0.15) is 11.8 Å². The molecule has 1 saturated heterocycles. The van der Waals surface area contributed by atoms with Crippen LogP contribution in [0.1, 0.15) is 31.9 Å². The van der Waals surface area contributed by atoms with Crippen LogP contribution in [0.4, 0.5) is 0 Å². The van der Waals surface area contributed by atoms with Crippen LogP contribution in [0.25, 0.3) is 0 Å². The summed E-state index contributed by atoms with van der Waals surface area (Å²) in [6.45, 7) is 1.54. The van der Waals surface area contributed by atoms with Crippen molar-refractivity contribution in [3.05, 3.63) is 18.2 Å². The summed E-state index contributed by atoms with van der Waals surface area (Å²) in [6, 6.07) is -4.29. The van der Waals surface area contributed by atoms with Gasteiger partial charge in [-0.3, -0.25) is 14.4 Å². The monoisotopic (exact) mass is 484 g/mol. The van der Waals surface area contributed by atoms with Crippen molar-refractivity contribution in [2.45, 2.75) is 62.9 Å². The van der Waals surface area contributed by atoms with E-state index >= 15 is 0 Å². The number of rotatable bonds is 12. The van der Waals surface area contributed by atoms with Gasteiger partial charge in [-0.05, 0) is 38.2 Å². The number of aliphatic hydroxyl groups is 1. The molecule has 7 N–H and O–H groups in total. The van der Waals surface area contributed by atoms with Gasteiger partial charge in [0.25, 0.3) is 0 Å². The van der Waals surface area contributed by atoms with Crippen LogP contribution in [-0.2, 0) is 25.6 Å². The Morgan fingerprint density at radius 2 is 2.06 bits per heavy atom. The normalized spacial score (nSPS) is 19.4. The lowest BCUT2D eigenvalue weighted by molar-refractivity contribution is -0.150. The van der Waals surface area contributed by atoms with E-state index in [4.69, 9.17) is 5.73 Å². The Morgan fingerprint density at radius 3 is 2.64 bits per heavy atom. The van der Waals surface area contributed by atoms with Gasteiger partial charge in [0.15, 0.2) is 0 Å². The van der Waals surface area contributed by atoms with Crippen LogP contribution in [0, 0.1) is 0 Å². The van der Waals surface area contributed by atoms with Gasteiger partial charge in [-0.1, -0.05) is 0 Å². The maximum absolute atomic E-state index is 13.1.